The van der Waals surface area contributed by atoms with Crippen LogP contribution in [-0.4, -0.2) is 32.8 Å². The molecule has 0 radical (unpaired) electrons. The van der Waals surface area contributed by atoms with E-state index in [1.54, 1.807) is 11.4 Å². The molecule has 76 valence electrons. The molecule has 0 heterocycles. The van der Waals surface area contributed by atoms with Crippen molar-refractivity contribution in [2.45, 2.75) is 27.2 Å². The molecule has 0 aliphatic rings. The normalized spacial score (nSPS) is 14.3. The Balaban J connectivity index is 3.99. The van der Waals surface area contributed by atoms with Crippen LogP contribution in [0.25, 0.3) is 0 Å². The molecule has 4 heteroatoms. The van der Waals surface area contributed by atoms with Gasteiger partial charge in [-0.3, -0.25) is 9.11 Å². The molecule has 2 N–H and O–H groups in total. The second kappa shape index (κ2) is 5.07. The van der Waals surface area contributed by atoms with Gasteiger partial charge in [-0.15, -0.1) is 10.8 Å². The third-order valence-corrected chi connectivity index (χ3v) is 3.89. The van der Waals surface area contributed by atoms with Gasteiger partial charge in [0, 0.05) is 13.6 Å². The summed E-state index contributed by atoms with van der Waals surface area (Å²) in [5.74, 6) is 0.804. The van der Waals surface area contributed by atoms with Crippen LogP contribution in [0, 0.1) is 5.92 Å². The van der Waals surface area contributed by atoms with Gasteiger partial charge in [-0.2, -0.15) is 0 Å². The summed E-state index contributed by atoms with van der Waals surface area (Å²) < 4.78 is 21.0. The van der Waals surface area contributed by atoms with Crippen LogP contribution in [0.5, 0.6) is 0 Å². The fraction of sp³-hybridized carbons (Fsp3) is 1.00. The monoisotopic (exact) mass is 195 g/mol. The molecule has 0 aromatic carbocycles. The van der Waals surface area contributed by atoms with E-state index in [9.17, 15) is 9.11 Å². The molecular weight excluding hydrogens is 174 g/mol. The largest absolute Gasteiger partial charge is 0.285 e. The number of rotatable bonds is 5. The van der Waals surface area contributed by atoms with E-state index < -0.39 is 10.8 Å². The third-order valence-electron chi connectivity index (χ3n) is 1.59. The fourth-order valence-corrected chi connectivity index (χ4v) is 2.66. The average Bonchev–Trinajstić information content (AvgIpc) is 1.85. The van der Waals surface area contributed by atoms with Crippen molar-refractivity contribution >= 4 is 10.8 Å². The van der Waals surface area contributed by atoms with Crippen molar-refractivity contribution in [3.05, 3.63) is 0 Å². The van der Waals surface area contributed by atoms with Gasteiger partial charge in [0.2, 0.25) is 0 Å². The molecule has 0 saturated heterocycles. The molecule has 0 unspecified atom stereocenters. The van der Waals surface area contributed by atoms with Crippen molar-refractivity contribution in [3.63, 3.8) is 0 Å². The van der Waals surface area contributed by atoms with E-state index in [1.165, 1.54) is 0 Å². The second-order valence-electron chi connectivity index (χ2n) is 3.54. The Labute approximate surface area is 77.3 Å². The molecule has 0 saturated carbocycles. The van der Waals surface area contributed by atoms with Gasteiger partial charge in [0.1, 0.15) is 0 Å². The van der Waals surface area contributed by atoms with Gasteiger partial charge in [0.05, 0.1) is 5.75 Å². The third kappa shape index (κ3) is 4.30. The van der Waals surface area contributed by atoms with Crippen LogP contribution in [0.15, 0.2) is 0 Å². The zero-order valence-corrected chi connectivity index (χ0v) is 9.27. The number of hydrogen-bond acceptors (Lipinski definition) is 3. The van der Waals surface area contributed by atoms with Crippen molar-refractivity contribution in [1.82, 2.24) is 4.31 Å². The van der Waals surface area contributed by atoms with Crippen molar-refractivity contribution < 1.29 is 9.11 Å². The maximum Gasteiger partial charge on any atom is 0.0553 e. The second-order valence-corrected chi connectivity index (χ2v) is 5.77. The van der Waals surface area contributed by atoms with Gasteiger partial charge in [-0.25, -0.2) is 4.31 Å². The Morgan fingerprint density at radius 3 is 2.17 bits per heavy atom. The van der Waals surface area contributed by atoms with Crippen molar-refractivity contribution in [2.75, 3.05) is 19.3 Å². The van der Waals surface area contributed by atoms with E-state index in [2.05, 4.69) is 0 Å². The van der Waals surface area contributed by atoms with E-state index >= 15 is 0 Å². The maximum absolute atomic E-state index is 9.65. The molecule has 0 atom stereocenters. The first-order valence-electron chi connectivity index (χ1n) is 4.37. The smallest absolute Gasteiger partial charge is 0.0553 e. The lowest BCUT2D eigenvalue weighted by Gasteiger charge is -2.41. The van der Waals surface area contributed by atoms with Gasteiger partial charge >= 0.3 is 0 Å². The standard InChI is InChI=1S/C8H21NO2S/c1-5-6-9(4)12(10,11)7-8(2)3/h8,10-11H,5-7H2,1-4H3. The van der Waals surface area contributed by atoms with E-state index in [0.29, 0.717) is 11.7 Å². The minimum absolute atomic E-state index is 0.328. The van der Waals surface area contributed by atoms with Crippen LogP contribution in [0.1, 0.15) is 27.2 Å². The summed E-state index contributed by atoms with van der Waals surface area (Å²) in [5, 5.41) is 0. The van der Waals surface area contributed by atoms with Crippen LogP contribution in [0.3, 0.4) is 0 Å². The summed E-state index contributed by atoms with van der Waals surface area (Å²) in [7, 11) is -0.723. The van der Waals surface area contributed by atoms with Crippen LogP contribution < -0.4 is 0 Å². The Morgan fingerprint density at radius 2 is 1.83 bits per heavy atom. The lowest BCUT2D eigenvalue weighted by atomic mass is 10.3. The Morgan fingerprint density at radius 1 is 1.33 bits per heavy atom. The highest BCUT2D eigenvalue weighted by Crippen LogP contribution is 2.43. The molecule has 0 spiro atoms. The Hall–Kier alpha value is 0.230. The topological polar surface area (TPSA) is 43.7 Å². The minimum Gasteiger partial charge on any atom is -0.285 e. The molecule has 12 heavy (non-hydrogen) atoms. The molecule has 0 aromatic heterocycles. The first-order chi connectivity index (χ1) is 5.40. The quantitative estimate of drug-likeness (QED) is 0.709. The highest BCUT2D eigenvalue weighted by Gasteiger charge is 2.18. The number of nitrogens with zero attached hydrogens (tertiary/aromatic N) is 1. The van der Waals surface area contributed by atoms with E-state index in [-0.39, 0.29) is 0 Å². The molecule has 0 amide bonds. The van der Waals surface area contributed by atoms with E-state index in [4.69, 9.17) is 0 Å². The van der Waals surface area contributed by atoms with Gasteiger partial charge in [0.15, 0.2) is 0 Å². The summed E-state index contributed by atoms with van der Waals surface area (Å²) >= 11 is 0. The lowest BCUT2D eigenvalue weighted by Crippen LogP contribution is -2.27. The summed E-state index contributed by atoms with van der Waals surface area (Å²) in [6.45, 7) is 6.76. The molecule has 0 aliphatic carbocycles. The van der Waals surface area contributed by atoms with Gasteiger partial charge < -0.3 is 0 Å². The SMILES string of the molecule is CCCN(C)S(O)(O)CC(C)C. The van der Waals surface area contributed by atoms with Crippen molar-refractivity contribution in [1.29, 1.82) is 0 Å². The first kappa shape index (κ1) is 12.2. The molecule has 0 bridgehead atoms. The molecular formula is C8H21NO2S. The van der Waals surface area contributed by atoms with Gasteiger partial charge in [-0.1, -0.05) is 20.8 Å². The Kier molecular flexibility index (Phi) is 5.16. The predicted molar refractivity (Wildman–Crippen MR) is 55.5 cm³/mol. The number of hydrogen-bond donors (Lipinski definition) is 2. The van der Waals surface area contributed by atoms with Gasteiger partial charge in [0.25, 0.3) is 0 Å². The Bertz CT molecular complexity index is 128. The highest BCUT2D eigenvalue weighted by molar-refractivity contribution is 8.22. The summed E-state index contributed by atoms with van der Waals surface area (Å²) in [4.78, 5) is 0. The van der Waals surface area contributed by atoms with Crippen LogP contribution in [-0.2, 0) is 0 Å². The van der Waals surface area contributed by atoms with Crippen molar-refractivity contribution in [2.24, 2.45) is 5.92 Å². The zero-order valence-electron chi connectivity index (χ0n) is 8.45. The zero-order chi connectivity index (χ0) is 9.78. The van der Waals surface area contributed by atoms with Gasteiger partial charge in [-0.05, 0) is 12.3 Å². The highest BCUT2D eigenvalue weighted by atomic mass is 32.3. The predicted octanol–water partition coefficient (Wildman–Crippen LogP) is 2.65. The van der Waals surface area contributed by atoms with Crippen LogP contribution >= 0.6 is 10.8 Å². The molecule has 0 fully saturated rings. The summed E-state index contributed by atoms with van der Waals surface area (Å²) in [5.41, 5.74) is 0. The van der Waals surface area contributed by atoms with Crippen molar-refractivity contribution in [3.8, 4) is 0 Å². The maximum atomic E-state index is 9.65. The van der Waals surface area contributed by atoms with Crippen LogP contribution in [0.2, 0.25) is 0 Å². The molecule has 0 rings (SSSR count). The summed E-state index contributed by atoms with van der Waals surface area (Å²) in [6, 6.07) is 0. The first-order valence-corrected chi connectivity index (χ1v) is 6.04. The van der Waals surface area contributed by atoms with E-state index in [1.807, 2.05) is 20.8 Å². The lowest BCUT2D eigenvalue weighted by molar-refractivity contribution is 0.377. The molecule has 0 aromatic rings. The molecule has 0 aliphatic heterocycles. The van der Waals surface area contributed by atoms with E-state index in [0.717, 1.165) is 13.0 Å². The minimum atomic E-state index is -2.49. The average molecular weight is 195 g/mol. The fourth-order valence-electron chi connectivity index (χ4n) is 1.04. The summed E-state index contributed by atoms with van der Waals surface area (Å²) in [6.07, 6.45) is 0.949. The molecule has 3 nitrogen and oxygen atoms in total. The van der Waals surface area contributed by atoms with Crippen LogP contribution in [0.4, 0.5) is 0 Å².